The fourth-order valence-corrected chi connectivity index (χ4v) is 0.577. The first-order valence-electron chi connectivity index (χ1n) is 4.73. The van der Waals surface area contributed by atoms with Crippen molar-refractivity contribution in [2.24, 2.45) is 0 Å². The summed E-state index contributed by atoms with van der Waals surface area (Å²) in [6.45, 7) is 2.37. The standard InChI is InChI=1S/C5H12O2.C4H10O2/c1-2-5(7)3-4-6;5-3-1-2-4-6/h5-7H,2-4H2,1H3;5-6H,1-4H2. The van der Waals surface area contributed by atoms with Crippen LogP contribution in [0, 0.1) is 0 Å². The molecule has 4 N–H and O–H groups in total. The van der Waals surface area contributed by atoms with Crippen molar-refractivity contribution >= 4 is 0 Å². The van der Waals surface area contributed by atoms with Crippen LogP contribution in [0.2, 0.25) is 0 Å². The van der Waals surface area contributed by atoms with E-state index in [-0.39, 0.29) is 25.9 Å². The van der Waals surface area contributed by atoms with Crippen molar-refractivity contribution in [1.29, 1.82) is 0 Å². The molecule has 4 heteroatoms. The van der Waals surface area contributed by atoms with Gasteiger partial charge in [0.05, 0.1) is 6.10 Å². The van der Waals surface area contributed by atoms with Crippen molar-refractivity contribution in [1.82, 2.24) is 0 Å². The van der Waals surface area contributed by atoms with Crippen molar-refractivity contribution in [3.63, 3.8) is 0 Å². The molecule has 0 radical (unpaired) electrons. The lowest BCUT2D eigenvalue weighted by atomic mass is 10.2. The quantitative estimate of drug-likeness (QED) is 0.445. The highest BCUT2D eigenvalue weighted by Crippen LogP contribution is 1.92. The lowest BCUT2D eigenvalue weighted by Crippen LogP contribution is -2.05. The first-order valence-corrected chi connectivity index (χ1v) is 4.73. The number of aliphatic hydroxyl groups is 4. The van der Waals surface area contributed by atoms with E-state index in [0.29, 0.717) is 6.42 Å². The third-order valence-corrected chi connectivity index (χ3v) is 1.50. The molecule has 0 aromatic heterocycles. The van der Waals surface area contributed by atoms with Crippen molar-refractivity contribution in [2.45, 2.75) is 38.7 Å². The normalized spacial score (nSPS) is 11.8. The molecule has 0 aromatic rings. The summed E-state index contributed by atoms with van der Waals surface area (Å²) in [5.74, 6) is 0. The molecule has 0 spiro atoms. The molecule has 0 rings (SSSR count). The second kappa shape index (κ2) is 14.4. The van der Waals surface area contributed by atoms with Gasteiger partial charge in [0.15, 0.2) is 0 Å². The molecule has 1 unspecified atom stereocenters. The summed E-state index contributed by atoms with van der Waals surface area (Å²) < 4.78 is 0. The minimum absolute atomic E-state index is 0.0923. The number of hydrogen-bond donors (Lipinski definition) is 4. The molecule has 1 atom stereocenters. The van der Waals surface area contributed by atoms with Crippen molar-refractivity contribution in [3.8, 4) is 0 Å². The molecule has 0 aliphatic heterocycles. The van der Waals surface area contributed by atoms with Gasteiger partial charge in [-0.3, -0.25) is 0 Å². The molecule has 13 heavy (non-hydrogen) atoms. The van der Waals surface area contributed by atoms with Crippen LogP contribution in [0.4, 0.5) is 0 Å². The molecule has 0 aromatic carbocycles. The number of aliphatic hydroxyl groups excluding tert-OH is 4. The third kappa shape index (κ3) is 18.7. The SMILES string of the molecule is CCC(O)CCO.OCCCCO. The van der Waals surface area contributed by atoms with Gasteiger partial charge >= 0.3 is 0 Å². The minimum Gasteiger partial charge on any atom is -0.396 e. The lowest BCUT2D eigenvalue weighted by Gasteiger charge is -2.01. The summed E-state index contributed by atoms with van der Waals surface area (Å²) in [6.07, 6.45) is 2.38. The average molecular weight is 194 g/mol. The molecule has 82 valence electrons. The van der Waals surface area contributed by atoms with E-state index in [1.807, 2.05) is 6.92 Å². The van der Waals surface area contributed by atoms with Crippen molar-refractivity contribution in [3.05, 3.63) is 0 Å². The summed E-state index contributed by atoms with van der Waals surface area (Å²) in [6, 6.07) is 0. The Bertz CT molecular complexity index is 74.0. The van der Waals surface area contributed by atoms with Gasteiger partial charge in [-0.1, -0.05) is 6.92 Å². The minimum atomic E-state index is -0.301. The van der Waals surface area contributed by atoms with Crippen LogP contribution < -0.4 is 0 Å². The summed E-state index contributed by atoms with van der Waals surface area (Å²) >= 11 is 0. The first kappa shape index (κ1) is 15.3. The molecule has 0 saturated heterocycles. The molecule has 0 aliphatic carbocycles. The smallest absolute Gasteiger partial charge is 0.0559 e. The predicted octanol–water partition coefficient (Wildman–Crippen LogP) is -0.109. The summed E-state index contributed by atoms with van der Waals surface area (Å²) in [5, 5.41) is 33.1. The molecular formula is C9H22O4. The van der Waals surface area contributed by atoms with Gasteiger partial charge in [-0.15, -0.1) is 0 Å². The van der Waals surface area contributed by atoms with E-state index >= 15 is 0 Å². The maximum Gasteiger partial charge on any atom is 0.0559 e. The van der Waals surface area contributed by atoms with Gasteiger partial charge in [-0.2, -0.15) is 0 Å². The summed E-state index contributed by atoms with van der Waals surface area (Å²) in [5.41, 5.74) is 0. The Morgan fingerprint density at radius 2 is 1.38 bits per heavy atom. The van der Waals surface area contributed by atoms with Gasteiger partial charge in [0.1, 0.15) is 0 Å². The second-order valence-electron chi connectivity index (χ2n) is 2.73. The van der Waals surface area contributed by atoms with E-state index in [4.69, 9.17) is 20.4 Å². The van der Waals surface area contributed by atoms with E-state index < -0.39 is 0 Å². The van der Waals surface area contributed by atoms with E-state index in [2.05, 4.69) is 0 Å². The second-order valence-corrected chi connectivity index (χ2v) is 2.73. The highest BCUT2D eigenvalue weighted by molar-refractivity contribution is 4.48. The Hall–Kier alpha value is -0.160. The van der Waals surface area contributed by atoms with Crippen LogP contribution in [0.25, 0.3) is 0 Å². The van der Waals surface area contributed by atoms with Crippen LogP contribution in [-0.4, -0.2) is 46.4 Å². The Morgan fingerprint density at radius 3 is 1.54 bits per heavy atom. The summed E-state index contributed by atoms with van der Waals surface area (Å²) in [7, 11) is 0. The summed E-state index contributed by atoms with van der Waals surface area (Å²) in [4.78, 5) is 0. The Kier molecular flexibility index (Phi) is 16.9. The zero-order valence-corrected chi connectivity index (χ0v) is 8.32. The van der Waals surface area contributed by atoms with Crippen LogP contribution in [0.15, 0.2) is 0 Å². The number of unbranched alkanes of at least 4 members (excludes halogenated alkanes) is 1. The maximum atomic E-state index is 8.70. The molecule has 0 saturated carbocycles. The Labute approximate surface area is 79.8 Å². The average Bonchev–Trinajstić information content (AvgIpc) is 2.16. The zero-order chi connectivity index (χ0) is 10.5. The molecule has 0 fully saturated rings. The zero-order valence-electron chi connectivity index (χ0n) is 8.32. The van der Waals surface area contributed by atoms with Gasteiger partial charge in [-0.05, 0) is 25.7 Å². The fraction of sp³-hybridized carbons (Fsp3) is 1.00. The maximum absolute atomic E-state index is 8.70. The molecule has 0 amide bonds. The van der Waals surface area contributed by atoms with Crippen LogP contribution in [0.1, 0.15) is 32.6 Å². The Balaban J connectivity index is 0. The van der Waals surface area contributed by atoms with E-state index in [9.17, 15) is 0 Å². The number of hydrogen-bond acceptors (Lipinski definition) is 4. The van der Waals surface area contributed by atoms with E-state index in [1.165, 1.54) is 0 Å². The van der Waals surface area contributed by atoms with Gasteiger partial charge in [0, 0.05) is 19.8 Å². The van der Waals surface area contributed by atoms with Crippen LogP contribution in [0.5, 0.6) is 0 Å². The van der Waals surface area contributed by atoms with E-state index in [1.54, 1.807) is 0 Å². The first-order chi connectivity index (χ1) is 6.22. The van der Waals surface area contributed by atoms with E-state index in [0.717, 1.165) is 19.3 Å². The molecule has 0 bridgehead atoms. The van der Waals surface area contributed by atoms with Crippen LogP contribution >= 0.6 is 0 Å². The predicted molar refractivity (Wildman–Crippen MR) is 51.4 cm³/mol. The monoisotopic (exact) mass is 194 g/mol. The Morgan fingerprint density at radius 1 is 0.923 bits per heavy atom. The van der Waals surface area contributed by atoms with Gasteiger partial charge in [0.2, 0.25) is 0 Å². The topological polar surface area (TPSA) is 80.9 Å². The van der Waals surface area contributed by atoms with Crippen molar-refractivity contribution in [2.75, 3.05) is 19.8 Å². The molecule has 0 aliphatic rings. The van der Waals surface area contributed by atoms with Gasteiger partial charge < -0.3 is 20.4 Å². The van der Waals surface area contributed by atoms with Crippen LogP contribution in [-0.2, 0) is 0 Å². The van der Waals surface area contributed by atoms with Crippen molar-refractivity contribution < 1.29 is 20.4 Å². The molecule has 0 heterocycles. The fourth-order valence-electron chi connectivity index (χ4n) is 0.577. The van der Waals surface area contributed by atoms with Gasteiger partial charge in [-0.25, -0.2) is 0 Å². The number of rotatable bonds is 6. The largest absolute Gasteiger partial charge is 0.396 e. The highest BCUT2D eigenvalue weighted by Gasteiger charge is 1.95. The highest BCUT2D eigenvalue weighted by atomic mass is 16.3. The lowest BCUT2D eigenvalue weighted by molar-refractivity contribution is 0.129. The molecule has 4 nitrogen and oxygen atoms in total. The molecular weight excluding hydrogens is 172 g/mol. The van der Waals surface area contributed by atoms with Crippen LogP contribution in [0.3, 0.4) is 0 Å². The van der Waals surface area contributed by atoms with Gasteiger partial charge in [0.25, 0.3) is 0 Å². The third-order valence-electron chi connectivity index (χ3n) is 1.50.